The third-order valence-electron chi connectivity index (χ3n) is 6.66. The summed E-state index contributed by atoms with van der Waals surface area (Å²) in [6, 6.07) is 8.65. The minimum absolute atomic E-state index is 0.0182. The fourth-order valence-electron chi connectivity index (χ4n) is 4.45. The quantitative estimate of drug-likeness (QED) is 0.448. The number of carbonyl (C=O) groups excluding carboxylic acids is 2. The fourth-order valence-corrected chi connectivity index (χ4v) is 4.72. The van der Waals surface area contributed by atoms with Gasteiger partial charge in [0.2, 0.25) is 11.8 Å². The molecule has 35 heavy (non-hydrogen) atoms. The highest BCUT2D eigenvalue weighted by Crippen LogP contribution is 2.50. The van der Waals surface area contributed by atoms with Crippen LogP contribution in [0.1, 0.15) is 42.4 Å². The Bertz CT molecular complexity index is 1080. The minimum Gasteiger partial charge on any atom is -0.351 e. The fraction of sp³-hybridized carbons (Fsp3) is 0.440. The Hall–Kier alpha value is -2.46. The normalized spacial score (nSPS) is 18.5. The average molecular weight is 556 g/mol. The van der Waals surface area contributed by atoms with Crippen LogP contribution in [0.4, 0.5) is 17.6 Å². The standard InChI is InChI=1S/C25H26BrF4N3O2/c26-17-4-1-15(2-5-17)13-21(22(34)32-18-7-11-31-12-8-18)33-23(35)24(9-10-24)19-6-3-16(14-20(19)27)25(28,29)30/h1-6,14,18,21,31H,7-13H2,(H,32,34)(H,33,35). The lowest BCUT2D eigenvalue weighted by Gasteiger charge is -2.28. The second-order valence-electron chi connectivity index (χ2n) is 9.16. The molecule has 10 heteroatoms. The summed E-state index contributed by atoms with van der Waals surface area (Å²) in [5.41, 5.74) is -1.64. The van der Waals surface area contributed by atoms with Crippen LogP contribution in [0.2, 0.25) is 0 Å². The summed E-state index contributed by atoms with van der Waals surface area (Å²) in [4.78, 5) is 26.5. The molecule has 0 bridgehead atoms. The third-order valence-corrected chi connectivity index (χ3v) is 7.19. The van der Waals surface area contributed by atoms with Crippen molar-refractivity contribution in [3.8, 4) is 0 Å². The van der Waals surface area contributed by atoms with Crippen molar-refractivity contribution in [2.24, 2.45) is 0 Å². The lowest BCUT2D eigenvalue weighted by atomic mass is 9.92. The predicted molar refractivity (Wildman–Crippen MR) is 126 cm³/mol. The first-order valence-corrected chi connectivity index (χ1v) is 12.3. The van der Waals surface area contributed by atoms with E-state index in [1.807, 2.05) is 24.3 Å². The number of halogens is 5. The summed E-state index contributed by atoms with van der Waals surface area (Å²) >= 11 is 3.37. The zero-order valence-corrected chi connectivity index (χ0v) is 20.4. The molecule has 1 saturated heterocycles. The Morgan fingerprint density at radius 3 is 2.31 bits per heavy atom. The smallest absolute Gasteiger partial charge is 0.351 e. The summed E-state index contributed by atoms with van der Waals surface area (Å²) in [6.07, 6.45) is -2.33. The van der Waals surface area contributed by atoms with Gasteiger partial charge in [0.25, 0.3) is 0 Å². The van der Waals surface area contributed by atoms with E-state index in [2.05, 4.69) is 31.9 Å². The topological polar surface area (TPSA) is 70.2 Å². The summed E-state index contributed by atoms with van der Waals surface area (Å²) in [5, 5.41) is 9.00. The predicted octanol–water partition coefficient (Wildman–Crippen LogP) is 4.23. The van der Waals surface area contributed by atoms with E-state index in [0.29, 0.717) is 18.9 Å². The number of hydrogen-bond acceptors (Lipinski definition) is 3. The monoisotopic (exact) mass is 555 g/mol. The molecule has 0 spiro atoms. The minimum atomic E-state index is -4.68. The number of alkyl halides is 3. The maximum absolute atomic E-state index is 14.7. The lowest BCUT2D eigenvalue weighted by molar-refractivity contribution is -0.137. The van der Waals surface area contributed by atoms with Crippen LogP contribution in [0.5, 0.6) is 0 Å². The molecule has 1 heterocycles. The van der Waals surface area contributed by atoms with Gasteiger partial charge < -0.3 is 16.0 Å². The van der Waals surface area contributed by atoms with Gasteiger partial charge in [-0.25, -0.2) is 4.39 Å². The van der Waals surface area contributed by atoms with Gasteiger partial charge in [0.1, 0.15) is 11.9 Å². The molecule has 1 aliphatic carbocycles. The molecule has 2 aliphatic rings. The Balaban J connectivity index is 1.54. The summed E-state index contributed by atoms with van der Waals surface area (Å²) in [7, 11) is 0. The molecule has 3 N–H and O–H groups in total. The molecule has 0 radical (unpaired) electrons. The zero-order valence-electron chi connectivity index (χ0n) is 18.9. The maximum Gasteiger partial charge on any atom is 0.416 e. The van der Waals surface area contributed by atoms with Crippen LogP contribution in [-0.4, -0.2) is 37.0 Å². The number of benzene rings is 2. The summed E-state index contributed by atoms with van der Waals surface area (Å²) in [5.74, 6) is -1.97. The first-order chi connectivity index (χ1) is 16.6. The Morgan fingerprint density at radius 1 is 1.09 bits per heavy atom. The number of amides is 2. The molecule has 2 aromatic carbocycles. The van der Waals surface area contributed by atoms with Crippen molar-refractivity contribution in [2.75, 3.05) is 13.1 Å². The first-order valence-electron chi connectivity index (χ1n) is 11.5. The highest BCUT2D eigenvalue weighted by atomic mass is 79.9. The van der Waals surface area contributed by atoms with Gasteiger partial charge in [-0.05, 0) is 68.6 Å². The van der Waals surface area contributed by atoms with E-state index in [0.717, 1.165) is 48.1 Å². The number of nitrogens with one attached hydrogen (secondary N) is 3. The Kier molecular flexibility index (Phi) is 7.51. The van der Waals surface area contributed by atoms with Crippen LogP contribution in [0.3, 0.4) is 0 Å². The highest BCUT2D eigenvalue weighted by molar-refractivity contribution is 9.10. The molecule has 0 aromatic heterocycles. The lowest BCUT2D eigenvalue weighted by Crippen LogP contribution is -2.54. The van der Waals surface area contributed by atoms with E-state index in [-0.39, 0.29) is 23.9 Å². The molecular formula is C25H26BrF4N3O2. The van der Waals surface area contributed by atoms with Crippen molar-refractivity contribution < 1.29 is 27.2 Å². The van der Waals surface area contributed by atoms with Crippen LogP contribution >= 0.6 is 15.9 Å². The van der Waals surface area contributed by atoms with Gasteiger partial charge in [-0.1, -0.05) is 34.1 Å². The molecule has 1 aliphatic heterocycles. The van der Waals surface area contributed by atoms with Crippen molar-refractivity contribution in [1.29, 1.82) is 0 Å². The second-order valence-corrected chi connectivity index (χ2v) is 10.1. The third kappa shape index (κ3) is 6.03. The van der Waals surface area contributed by atoms with E-state index in [4.69, 9.17) is 0 Å². The molecule has 1 atom stereocenters. The van der Waals surface area contributed by atoms with Crippen molar-refractivity contribution >= 4 is 27.7 Å². The van der Waals surface area contributed by atoms with Gasteiger partial charge >= 0.3 is 6.18 Å². The second kappa shape index (κ2) is 10.3. The number of piperidine rings is 1. The van der Waals surface area contributed by atoms with Crippen molar-refractivity contribution in [2.45, 2.75) is 55.8 Å². The summed E-state index contributed by atoms with van der Waals surface area (Å²) in [6.45, 7) is 1.57. The number of carbonyl (C=O) groups is 2. The van der Waals surface area contributed by atoms with Crippen molar-refractivity contribution in [3.63, 3.8) is 0 Å². The molecule has 1 unspecified atom stereocenters. The molecule has 188 valence electrons. The summed E-state index contributed by atoms with van der Waals surface area (Å²) < 4.78 is 54.4. The van der Waals surface area contributed by atoms with E-state index in [1.165, 1.54) is 0 Å². The van der Waals surface area contributed by atoms with Crippen LogP contribution < -0.4 is 16.0 Å². The van der Waals surface area contributed by atoms with Gasteiger partial charge in [0.05, 0.1) is 11.0 Å². The van der Waals surface area contributed by atoms with E-state index in [1.54, 1.807) is 0 Å². The molecule has 5 nitrogen and oxygen atoms in total. The largest absolute Gasteiger partial charge is 0.416 e. The van der Waals surface area contributed by atoms with Crippen LogP contribution in [0.15, 0.2) is 46.9 Å². The zero-order chi connectivity index (χ0) is 25.2. The van der Waals surface area contributed by atoms with E-state index >= 15 is 0 Å². The molecule has 2 aromatic rings. The van der Waals surface area contributed by atoms with Crippen molar-refractivity contribution in [1.82, 2.24) is 16.0 Å². The SMILES string of the molecule is O=C(NC1CCNCC1)C(Cc1ccc(Br)cc1)NC(=O)C1(c2ccc(C(F)(F)F)cc2F)CC1. The molecular weight excluding hydrogens is 530 g/mol. The highest BCUT2D eigenvalue weighted by Gasteiger charge is 2.53. The van der Waals surface area contributed by atoms with Gasteiger partial charge in [-0.15, -0.1) is 0 Å². The van der Waals surface area contributed by atoms with Gasteiger partial charge in [0, 0.05) is 22.5 Å². The maximum atomic E-state index is 14.7. The van der Waals surface area contributed by atoms with Gasteiger partial charge in [-0.2, -0.15) is 13.2 Å². The molecule has 1 saturated carbocycles. The van der Waals surface area contributed by atoms with Gasteiger partial charge in [-0.3, -0.25) is 9.59 Å². The van der Waals surface area contributed by atoms with E-state index in [9.17, 15) is 27.2 Å². The first kappa shape index (κ1) is 25.6. The molecule has 4 rings (SSSR count). The van der Waals surface area contributed by atoms with Crippen LogP contribution in [0.25, 0.3) is 0 Å². The molecule has 2 amide bonds. The van der Waals surface area contributed by atoms with Crippen LogP contribution in [-0.2, 0) is 27.6 Å². The Morgan fingerprint density at radius 2 is 1.74 bits per heavy atom. The van der Waals surface area contributed by atoms with Gasteiger partial charge in [0.15, 0.2) is 0 Å². The average Bonchev–Trinajstić information content (AvgIpc) is 3.62. The number of rotatable bonds is 7. The van der Waals surface area contributed by atoms with Crippen molar-refractivity contribution in [3.05, 3.63) is 69.4 Å². The van der Waals surface area contributed by atoms with E-state index < -0.39 is 34.9 Å². The number of hydrogen-bond donors (Lipinski definition) is 3. The molecule has 2 fully saturated rings. The van der Waals surface area contributed by atoms with Crippen LogP contribution in [0, 0.1) is 5.82 Å². The Labute approximate surface area is 209 Å².